The fourth-order valence-corrected chi connectivity index (χ4v) is 5.32. The number of aryl methyl sites for hydroxylation is 1. The van der Waals surface area contributed by atoms with Crippen molar-refractivity contribution < 1.29 is 4.39 Å². The topological polar surface area (TPSA) is 26.0 Å². The standard InChI is InChI=1S/C24H23FN4/c1-27-10-7-16-5-6-18(13-21(16)27)28-11-8-17(9-12-28)24-23-19(3-2-4-20(23)25)22-14-26-15-29(22)24/h2-7,10,13-15,17,24H,8-9,11-12H2,1H3. The van der Waals surface area contributed by atoms with Gasteiger partial charge in [-0.05, 0) is 48.4 Å². The number of aromatic nitrogens is 3. The van der Waals surface area contributed by atoms with E-state index < -0.39 is 0 Å². The van der Waals surface area contributed by atoms with Crippen molar-refractivity contribution in [2.75, 3.05) is 18.0 Å². The summed E-state index contributed by atoms with van der Waals surface area (Å²) in [5.41, 5.74) is 5.44. The summed E-state index contributed by atoms with van der Waals surface area (Å²) in [7, 11) is 2.09. The van der Waals surface area contributed by atoms with Gasteiger partial charge >= 0.3 is 0 Å². The average molecular weight is 386 g/mol. The zero-order valence-electron chi connectivity index (χ0n) is 16.4. The Bertz CT molecular complexity index is 1210. The molecule has 0 spiro atoms. The van der Waals surface area contributed by atoms with Crippen LogP contribution < -0.4 is 4.90 Å². The highest BCUT2D eigenvalue weighted by Gasteiger charge is 2.37. The van der Waals surface area contributed by atoms with E-state index in [0.717, 1.165) is 42.8 Å². The van der Waals surface area contributed by atoms with E-state index in [1.165, 1.54) is 16.6 Å². The lowest BCUT2D eigenvalue weighted by molar-refractivity contribution is 0.312. The van der Waals surface area contributed by atoms with Crippen molar-refractivity contribution in [2.45, 2.75) is 18.9 Å². The maximum atomic E-state index is 14.8. The molecule has 4 heterocycles. The first-order chi connectivity index (χ1) is 14.2. The third-order valence-corrected chi connectivity index (χ3v) is 6.81. The van der Waals surface area contributed by atoms with Crippen molar-refractivity contribution in [3.05, 3.63) is 72.6 Å². The van der Waals surface area contributed by atoms with Crippen molar-refractivity contribution in [3.8, 4) is 11.3 Å². The number of benzene rings is 2. The summed E-state index contributed by atoms with van der Waals surface area (Å²) in [6.45, 7) is 1.98. The van der Waals surface area contributed by atoms with E-state index in [2.05, 4.69) is 56.5 Å². The molecule has 146 valence electrons. The number of hydrogen-bond donors (Lipinski definition) is 0. The molecule has 2 aromatic heterocycles. The van der Waals surface area contributed by atoms with Crippen molar-refractivity contribution in [3.63, 3.8) is 0 Å². The second-order valence-electron chi connectivity index (χ2n) is 8.33. The highest BCUT2D eigenvalue weighted by Crippen LogP contribution is 2.47. The monoisotopic (exact) mass is 386 g/mol. The van der Waals surface area contributed by atoms with Gasteiger partial charge in [-0.25, -0.2) is 9.37 Å². The molecule has 29 heavy (non-hydrogen) atoms. The highest BCUT2D eigenvalue weighted by molar-refractivity contribution is 5.83. The lowest BCUT2D eigenvalue weighted by Gasteiger charge is -2.37. The Labute approximate surface area is 169 Å². The normalized spacial score (nSPS) is 19.0. The number of nitrogens with zero attached hydrogens (tertiary/aromatic N) is 4. The molecule has 0 amide bonds. The van der Waals surface area contributed by atoms with Gasteiger partial charge < -0.3 is 14.0 Å². The Hall–Kier alpha value is -3.08. The Morgan fingerprint density at radius 1 is 1.07 bits per heavy atom. The maximum absolute atomic E-state index is 14.8. The van der Waals surface area contributed by atoms with Gasteiger partial charge in [0.2, 0.25) is 0 Å². The summed E-state index contributed by atoms with van der Waals surface area (Å²) < 4.78 is 19.1. The number of anilines is 1. The molecule has 2 aromatic carbocycles. The van der Waals surface area contributed by atoms with Crippen LogP contribution in [0.4, 0.5) is 10.1 Å². The van der Waals surface area contributed by atoms with E-state index >= 15 is 0 Å². The van der Waals surface area contributed by atoms with Crippen LogP contribution in [0.1, 0.15) is 24.4 Å². The third kappa shape index (κ3) is 2.46. The van der Waals surface area contributed by atoms with Gasteiger partial charge in [0.1, 0.15) is 5.82 Å². The van der Waals surface area contributed by atoms with E-state index in [1.54, 1.807) is 12.1 Å². The first-order valence-corrected chi connectivity index (χ1v) is 10.3. The number of piperidine rings is 1. The molecule has 1 atom stereocenters. The van der Waals surface area contributed by atoms with Gasteiger partial charge in [0.15, 0.2) is 0 Å². The fraction of sp³-hybridized carbons (Fsp3) is 0.292. The summed E-state index contributed by atoms with van der Waals surface area (Å²) in [4.78, 5) is 6.81. The van der Waals surface area contributed by atoms with Crippen molar-refractivity contribution in [2.24, 2.45) is 13.0 Å². The number of rotatable bonds is 2. The molecule has 4 aromatic rings. The van der Waals surface area contributed by atoms with Crippen molar-refractivity contribution in [1.29, 1.82) is 0 Å². The molecule has 5 heteroatoms. The van der Waals surface area contributed by atoms with Gasteiger partial charge in [-0.1, -0.05) is 18.2 Å². The van der Waals surface area contributed by atoms with Crippen LogP contribution in [0.2, 0.25) is 0 Å². The lowest BCUT2D eigenvalue weighted by Crippen LogP contribution is -2.36. The second kappa shape index (κ2) is 6.21. The van der Waals surface area contributed by atoms with E-state index in [1.807, 2.05) is 18.6 Å². The zero-order chi connectivity index (χ0) is 19.5. The smallest absolute Gasteiger partial charge is 0.129 e. The minimum absolute atomic E-state index is 0.0567. The SMILES string of the molecule is Cn1ccc2ccc(N3CCC(C4c5c(F)cccc5-c5cncn54)CC3)cc21. The van der Waals surface area contributed by atoms with Crippen LogP contribution in [0.5, 0.6) is 0 Å². The van der Waals surface area contributed by atoms with Crippen LogP contribution in [0, 0.1) is 11.7 Å². The van der Waals surface area contributed by atoms with Gasteiger partial charge in [0, 0.05) is 48.7 Å². The molecule has 0 radical (unpaired) electrons. The molecule has 1 saturated heterocycles. The summed E-state index contributed by atoms with van der Waals surface area (Å²) in [5, 5.41) is 1.27. The summed E-state index contributed by atoms with van der Waals surface area (Å²) in [6, 6.07) is 14.3. The molecular formula is C24H23FN4. The van der Waals surface area contributed by atoms with Gasteiger partial charge in [-0.3, -0.25) is 0 Å². The molecule has 2 aliphatic heterocycles. The number of imidazole rings is 1. The highest BCUT2D eigenvalue weighted by atomic mass is 19.1. The van der Waals surface area contributed by atoms with Gasteiger partial charge in [0.25, 0.3) is 0 Å². The van der Waals surface area contributed by atoms with Crippen LogP contribution in [0.15, 0.2) is 61.2 Å². The van der Waals surface area contributed by atoms with E-state index in [4.69, 9.17) is 0 Å². The zero-order valence-corrected chi connectivity index (χ0v) is 16.4. The molecular weight excluding hydrogens is 363 g/mol. The first kappa shape index (κ1) is 16.8. The minimum atomic E-state index is -0.0900. The fourth-order valence-electron chi connectivity index (χ4n) is 5.32. The Balaban J connectivity index is 1.28. The minimum Gasteiger partial charge on any atom is -0.371 e. The average Bonchev–Trinajstić information content (AvgIpc) is 3.44. The predicted octanol–water partition coefficient (Wildman–Crippen LogP) is 5.00. The Morgan fingerprint density at radius 3 is 2.79 bits per heavy atom. The summed E-state index contributed by atoms with van der Waals surface area (Å²) >= 11 is 0. The molecule has 2 aliphatic rings. The van der Waals surface area contributed by atoms with Crippen LogP contribution in [0.3, 0.4) is 0 Å². The number of halogens is 1. The largest absolute Gasteiger partial charge is 0.371 e. The molecule has 4 nitrogen and oxygen atoms in total. The van der Waals surface area contributed by atoms with Crippen molar-refractivity contribution in [1.82, 2.24) is 14.1 Å². The molecule has 0 aliphatic carbocycles. The second-order valence-corrected chi connectivity index (χ2v) is 8.33. The summed E-state index contributed by atoms with van der Waals surface area (Å²) in [6.07, 6.45) is 7.93. The van der Waals surface area contributed by atoms with Crippen LogP contribution in [-0.4, -0.2) is 27.2 Å². The van der Waals surface area contributed by atoms with Crippen LogP contribution in [-0.2, 0) is 7.05 Å². The van der Waals surface area contributed by atoms with Gasteiger partial charge in [-0.15, -0.1) is 0 Å². The molecule has 1 unspecified atom stereocenters. The van der Waals surface area contributed by atoms with E-state index in [-0.39, 0.29) is 11.9 Å². The van der Waals surface area contributed by atoms with E-state index in [9.17, 15) is 4.39 Å². The van der Waals surface area contributed by atoms with Crippen LogP contribution >= 0.6 is 0 Å². The summed E-state index contributed by atoms with van der Waals surface area (Å²) in [5.74, 6) is 0.323. The molecule has 0 bridgehead atoms. The van der Waals surface area contributed by atoms with Gasteiger partial charge in [-0.2, -0.15) is 0 Å². The van der Waals surface area contributed by atoms with E-state index in [0.29, 0.717) is 5.92 Å². The Morgan fingerprint density at radius 2 is 1.93 bits per heavy atom. The quantitative estimate of drug-likeness (QED) is 0.485. The maximum Gasteiger partial charge on any atom is 0.129 e. The van der Waals surface area contributed by atoms with Crippen molar-refractivity contribution >= 4 is 16.6 Å². The first-order valence-electron chi connectivity index (χ1n) is 10.3. The molecule has 6 rings (SSSR count). The number of fused-ring (bicyclic) bond motifs is 4. The number of hydrogen-bond acceptors (Lipinski definition) is 2. The molecule has 1 fully saturated rings. The lowest BCUT2D eigenvalue weighted by atomic mass is 9.85. The molecule has 0 N–H and O–H groups in total. The van der Waals surface area contributed by atoms with Gasteiger partial charge in [0.05, 0.1) is 24.3 Å². The van der Waals surface area contributed by atoms with Crippen LogP contribution in [0.25, 0.3) is 22.2 Å². The Kier molecular flexibility index (Phi) is 3.60. The predicted molar refractivity (Wildman–Crippen MR) is 114 cm³/mol. The third-order valence-electron chi connectivity index (χ3n) is 6.81. The molecule has 0 saturated carbocycles.